The van der Waals surface area contributed by atoms with Gasteiger partial charge in [-0.05, 0) is 88.6 Å². The first-order valence-corrected chi connectivity index (χ1v) is 16.7. The molecule has 3 aliphatic rings. The van der Waals surface area contributed by atoms with Crippen molar-refractivity contribution in [2.45, 2.75) is 102 Å². The smallest absolute Gasteiger partial charge is 0.423 e. The molecule has 2 aromatic rings. The van der Waals surface area contributed by atoms with Crippen molar-refractivity contribution in [2.24, 2.45) is 23.7 Å². The lowest BCUT2D eigenvalue weighted by atomic mass is 9.75. The minimum atomic E-state index is -5.08. The highest BCUT2D eigenvalue weighted by molar-refractivity contribution is 7.93. The van der Waals surface area contributed by atoms with Gasteiger partial charge in [0.15, 0.2) is 0 Å². The van der Waals surface area contributed by atoms with Crippen molar-refractivity contribution >= 4 is 21.7 Å². The van der Waals surface area contributed by atoms with Gasteiger partial charge in [-0.25, -0.2) is 8.42 Å². The van der Waals surface area contributed by atoms with Crippen LogP contribution in [0.25, 0.3) is 0 Å². The Morgan fingerprint density at radius 3 is 2.32 bits per heavy atom. The number of halogens is 3. The van der Waals surface area contributed by atoms with E-state index in [9.17, 15) is 13.2 Å². The second-order valence-electron chi connectivity index (χ2n) is 13.9. The number of ether oxygens (including phenoxy) is 3. The summed E-state index contributed by atoms with van der Waals surface area (Å²) < 4.78 is 93.1. The lowest BCUT2D eigenvalue weighted by Crippen LogP contribution is -2.56. The van der Waals surface area contributed by atoms with Crippen molar-refractivity contribution in [3.8, 4) is 5.75 Å². The number of fused-ring (bicyclic) bond motifs is 3. The standard InChI is InChI=1S/C33H42F3NO6S/c1-19(2)24-14-10-21(4)16-28(24)42-22-11-15-27-26(17-22)32(33(34,35)36)29(25(18-41-32)30(38)43-31(5,6)7)37(27)44(39,40)23-12-8-20(3)9-13-23/h8-9,11-13,15,17,19,21,24-25,28-29H,10,14,16,18H2,1-7H3/t21-,24+,25?,28-,29?,32?/m1/s1. The Labute approximate surface area is 258 Å². The summed E-state index contributed by atoms with van der Waals surface area (Å²) in [5, 5.41) is 0. The molecule has 6 atom stereocenters. The summed E-state index contributed by atoms with van der Waals surface area (Å²) in [6.45, 7) is 12.3. The van der Waals surface area contributed by atoms with Crippen molar-refractivity contribution in [1.29, 1.82) is 0 Å². The zero-order valence-corrected chi connectivity index (χ0v) is 27.1. The molecule has 1 saturated carbocycles. The SMILES string of the molecule is Cc1ccc(S(=O)(=O)N2c3ccc(O[C@@H]4C[C@H](C)CC[C@H]4C(C)C)cc3C3(C(F)(F)F)OCC(C(=O)OC(C)(C)C)C23)cc1. The summed E-state index contributed by atoms with van der Waals surface area (Å²) in [7, 11) is -4.59. The zero-order chi connectivity index (χ0) is 32.4. The van der Waals surface area contributed by atoms with Gasteiger partial charge in [-0.1, -0.05) is 44.9 Å². The Balaban J connectivity index is 1.67. The number of hydrogen-bond donors (Lipinski definition) is 0. The number of alkyl halides is 3. The van der Waals surface area contributed by atoms with Gasteiger partial charge < -0.3 is 14.2 Å². The molecule has 0 aromatic heterocycles. The lowest BCUT2D eigenvalue weighted by Gasteiger charge is -2.37. The van der Waals surface area contributed by atoms with Crippen molar-refractivity contribution in [3.05, 3.63) is 53.6 Å². The Morgan fingerprint density at radius 2 is 1.73 bits per heavy atom. The predicted octanol–water partition coefficient (Wildman–Crippen LogP) is 7.16. The van der Waals surface area contributed by atoms with E-state index < -0.39 is 51.9 Å². The molecular weight excluding hydrogens is 595 g/mol. The van der Waals surface area contributed by atoms with Gasteiger partial charge in [-0.2, -0.15) is 13.2 Å². The van der Waals surface area contributed by atoms with E-state index in [4.69, 9.17) is 14.2 Å². The van der Waals surface area contributed by atoms with Gasteiger partial charge in [0.25, 0.3) is 10.0 Å². The maximum absolute atomic E-state index is 15.4. The summed E-state index contributed by atoms with van der Waals surface area (Å²) in [5.74, 6) is -1.36. The molecule has 2 fully saturated rings. The van der Waals surface area contributed by atoms with Gasteiger partial charge in [-0.15, -0.1) is 0 Å². The number of esters is 1. The lowest BCUT2D eigenvalue weighted by molar-refractivity contribution is -0.269. The first-order valence-electron chi connectivity index (χ1n) is 15.2. The van der Waals surface area contributed by atoms with Crippen LogP contribution in [0.1, 0.15) is 71.9 Å². The van der Waals surface area contributed by atoms with Crippen LogP contribution in [0.2, 0.25) is 0 Å². The number of nitrogens with zero attached hydrogens (tertiary/aromatic N) is 1. The number of carbonyl (C=O) groups is 1. The summed E-state index contributed by atoms with van der Waals surface area (Å²) in [4.78, 5) is 13.2. The van der Waals surface area contributed by atoms with Crippen LogP contribution in [0, 0.1) is 30.6 Å². The first kappa shape index (κ1) is 32.6. The van der Waals surface area contributed by atoms with E-state index in [-0.39, 0.29) is 33.9 Å². The quantitative estimate of drug-likeness (QED) is 0.313. The minimum absolute atomic E-state index is 0.196. The second-order valence-corrected chi connectivity index (χ2v) is 15.7. The van der Waals surface area contributed by atoms with Crippen LogP contribution in [-0.2, 0) is 29.9 Å². The number of benzene rings is 2. The molecule has 2 heterocycles. The first-order chi connectivity index (χ1) is 20.4. The summed E-state index contributed by atoms with van der Waals surface area (Å²) in [5.41, 5.74) is -3.94. The molecular formula is C33H42F3NO6S. The largest absolute Gasteiger partial charge is 0.490 e. The molecule has 242 valence electrons. The van der Waals surface area contributed by atoms with Crippen molar-refractivity contribution in [3.63, 3.8) is 0 Å². The second kappa shape index (κ2) is 11.2. The number of carbonyl (C=O) groups excluding carboxylic acids is 1. The monoisotopic (exact) mass is 637 g/mol. The molecule has 5 rings (SSSR count). The Hall–Kier alpha value is -2.79. The molecule has 7 nitrogen and oxygen atoms in total. The molecule has 0 amide bonds. The van der Waals surface area contributed by atoms with Gasteiger partial charge in [0, 0.05) is 5.56 Å². The Bertz CT molecular complexity index is 1500. The molecule has 0 N–H and O–H groups in total. The van der Waals surface area contributed by atoms with Crippen LogP contribution in [-0.4, -0.2) is 44.9 Å². The summed E-state index contributed by atoms with van der Waals surface area (Å²) in [6, 6.07) is 8.00. The molecule has 44 heavy (non-hydrogen) atoms. The fraction of sp³-hybridized carbons (Fsp3) is 0.606. The highest BCUT2D eigenvalue weighted by atomic mass is 32.2. The van der Waals surface area contributed by atoms with E-state index in [0.717, 1.165) is 29.1 Å². The maximum Gasteiger partial charge on any atom is 0.423 e. The van der Waals surface area contributed by atoms with E-state index >= 15 is 13.2 Å². The third kappa shape index (κ3) is 5.59. The number of anilines is 1. The Morgan fingerprint density at radius 1 is 1.07 bits per heavy atom. The number of aryl methyl sites for hydroxylation is 1. The highest BCUT2D eigenvalue weighted by Crippen LogP contribution is 2.61. The third-order valence-corrected chi connectivity index (χ3v) is 10.9. The van der Waals surface area contributed by atoms with E-state index in [1.165, 1.54) is 30.3 Å². The molecule has 2 aliphatic heterocycles. The minimum Gasteiger partial charge on any atom is -0.490 e. The van der Waals surface area contributed by atoms with Crippen LogP contribution in [0.3, 0.4) is 0 Å². The molecule has 1 saturated heterocycles. The molecule has 11 heteroatoms. The number of sulfonamides is 1. The van der Waals surface area contributed by atoms with Crippen LogP contribution in [0.4, 0.5) is 18.9 Å². The van der Waals surface area contributed by atoms with Crippen LogP contribution < -0.4 is 9.04 Å². The van der Waals surface area contributed by atoms with Gasteiger partial charge in [0.05, 0.1) is 17.2 Å². The maximum atomic E-state index is 15.4. The summed E-state index contributed by atoms with van der Waals surface area (Å²) in [6.07, 6.45) is -2.52. The average Bonchev–Trinajstić information content (AvgIpc) is 3.43. The van der Waals surface area contributed by atoms with Crippen LogP contribution in [0.15, 0.2) is 47.4 Å². The Kier molecular flexibility index (Phi) is 8.32. The molecule has 1 aliphatic carbocycles. The van der Waals surface area contributed by atoms with Gasteiger partial charge >= 0.3 is 12.1 Å². The number of hydrogen-bond acceptors (Lipinski definition) is 6. The molecule has 0 spiro atoms. The van der Waals surface area contributed by atoms with E-state index in [1.54, 1.807) is 39.8 Å². The fourth-order valence-electron chi connectivity index (χ4n) is 6.98. The normalized spacial score (nSPS) is 29.0. The van der Waals surface area contributed by atoms with Crippen LogP contribution >= 0.6 is 0 Å². The fourth-order valence-corrected chi connectivity index (χ4v) is 8.70. The van der Waals surface area contributed by atoms with E-state index in [1.807, 2.05) is 0 Å². The van der Waals surface area contributed by atoms with Crippen molar-refractivity contribution in [1.82, 2.24) is 0 Å². The molecule has 0 bridgehead atoms. The van der Waals surface area contributed by atoms with Crippen LogP contribution in [0.5, 0.6) is 5.75 Å². The molecule has 2 aromatic carbocycles. The van der Waals surface area contributed by atoms with Gasteiger partial charge in [0.1, 0.15) is 29.4 Å². The zero-order valence-electron chi connectivity index (χ0n) is 26.3. The van der Waals surface area contributed by atoms with Crippen molar-refractivity contribution in [2.75, 3.05) is 10.9 Å². The van der Waals surface area contributed by atoms with Gasteiger partial charge in [-0.3, -0.25) is 9.10 Å². The van der Waals surface area contributed by atoms with E-state index in [2.05, 4.69) is 20.8 Å². The van der Waals surface area contributed by atoms with Crippen molar-refractivity contribution < 1.29 is 40.6 Å². The highest BCUT2D eigenvalue weighted by Gasteiger charge is 2.75. The topological polar surface area (TPSA) is 82.1 Å². The van der Waals surface area contributed by atoms with E-state index in [0.29, 0.717) is 11.8 Å². The summed E-state index contributed by atoms with van der Waals surface area (Å²) >= 11 is 0. The molecule has 0 radical (unpaired) electrons. The predicted molar refractivity (Wildman–Crippen MR) is 160 cm³/mol. The molecule has 3 unspecified atom stereocenters. The number of rotatable bonds is 6. The third-order valence-electron chi connectivity index (χ3n) is 9.10. The van der Waals surface area contributed by atoms with Gasteiger partial charge in [0.2, 0.25) is 5.60 Å². The average molecular weight is 638 g/mol.